The third-order valence-corrected chi connectivity index (χ3v) is 6.30. The van der Waals surface area contributed by atoms with Gasteiger partial charge in [0.25, 0.3) is 0 Å². The number of amides is 1. The second-order valence-corrected chi connectivity index (χ2v) is 8.89. The largest absolute Gasteiger partial charge is 0.309 e. The molecule has 0 radical (unpaired) electrons. The number of anilines is 2. The van der Waals surface area contributed by atoms with Gasteiger partial charge in [-0.1, -0.05) is 43.3 Å². The van der Waals surface area contributed by atoms with E-state index < -0.39 is 0 Å². The molecule has 0 atom stereocenters. The zero-order valence-electron chi connectivity index (χ0n) is 17.1. The van der Waals surface area contributed by atoms with Gasteiger partial charge in [0.1, 0.15) is 5.82 Å². The molecule has 0 aliphatic heterocycles. The molecule has 28 heavy (non-hydrogen) atoms. The van der Waals surface area contributed by atoms with Crippen LogP contribution in [0, 0.1) is 13.8 Å². The molecule has 0 fully saturated rings. The number of carbonyl (C=O) groups is 1. The standard InChI is InChI=1S/C20H25N5OS2/c1-12(2)18-22-23-20(24(18)6)28-11-16-10-27-19(21-16)25(15(5)26)17-8-7-13(3)9-14(17)4/h7-10,12H,11H2,1-6H3. The van der Waals surface area contributed by atoms with Crippen molar-refractivity contribution in [2.24, 2.45) is 7.05 Å². The Morgan fingerprint density at radius 1 is 1.29 bits per heavy atom. The molecule has 2 aromatic heterocycles. The predicted molar refractivity (Wildman–Crippen MR) is 116 cm³/mol. The van der Waals surface area contributed by atoms with E-state index in [1.54, 1.807) is 23.6 Å². The van der Waals surface area contributed by atoms with E-state index in [0.717, 1.165) is 27.9 Å². The van der Waals surface area contributed by atoms with Gasteiger partial charge in [-0.15, -0.1) is 21.5 Å². The smallest absolute Gasteiger partial charge is 0.230 e. The molecular formula is C20H25N5OS2. The Bertz CT molecular complexity index is 992. The Balaban J connectivity index is 1.79. The van der Waals surface area contributed by atoms with Gasteiger partial charge in [0.05, 0.1) is 11.4 Å². The van der Waals surface area contributed by atoms with Crippen molar-refractivity contribution in [3.63, 3.8) is 0 Å². The van der Waals surface area contributed by atoms with Crippen LogP contribution in [0.15, 0.2) is 28.7 Å². The lowest BCUT2D eigenvalue weighted by Crippen LogP contribution is -2.23. The summed E-state index contributed by atoms with van der Waals surface area (Å²) in [6, 6.07) is 6.08. The molecule has 1 aromatic carbocycles. The van der Waals surface area contributed by atoms with Crippen LogP contribution in [0.5, 0.6) is 0 Å². The minimum Gasteiger partial charge on any atom is -0.309 e. The van der Waals surface area contributed by atoms with E-state index in [9.17, 15) is 4.79 Å². The first-order valence-electron chi connectivity index (χ1n) is 9.12. The molecule has 0 saturated carbocycles. The number of hydrogen-bond donors (Lipinski definition) is 0. The third-order valence-electron chi connectivity index (χ3n) is 4.37. The van der Waals surface area contributed by atoms with Crippen LogP contribution in [0.1, 0.15) is 49.3 Å². The van der Waals surface area contributed by atoms with E-state index in [1.807, 2.05) is 43.0 Å². The summed E-state index contributed by atoms with van der Waals surface area (Å²) in [6.07, 6.45) is 0. The minimum atomic E-state index is -0.0459. The van der Waals surface area contributed by atoms with Crippen molar-refractivity contribution in [2.45, 2.75) is 51.4 Å². The van der Waals surface area contributed by atoms with E-state index in [1.165, 1.54) is 16.9 Å². The van der Waals surface area contributed by atoms with E-state index in [-0.39, 0.29) is 5.91 Å². The molecule has 0 N–H and O–H groups in total. The molecular weight excluding hydrogens is 390 g/mol. The number of hydrogen-bond acceptors (Lipinski definition) is 6. The number of thiazole rings is 1. The fourth-order valence-electron chi connectivity index (χ4n) is 3.02. The van der Waals surface area contributed by atoms with Crippen LogP contribution in [0.25, 0.3) is 0 Å². The normalized spacial score (nSPS) is 11.2. The van der Waals surface area contributed by atoms with Gasteiger partial charge in [0.15, 0.2) is 10.3 Å². The Labute approximate surface area is 174 Å². The van der Waals surface area contributed by atoms with Crippen LogP contribution in [0.2, 0.25) is 0 Å². The van der Waals surface area contributed by atoms with Crippen molar-refractivity contribution >= 4 is 39.8 Å². The lowest BCUT2D eigenvalue weighted by atomic mass is 10.1. The number of thioether (sulfide) groups is 1. The quantitative estimate of drug-likeness (QED) is 0.531. The Morgan fingerprint density at radius 2 is 2.04 bits per heavy atom. The lowest BCUT2D eigenvalue weighted by molar-refractivity contribution is -0.115. The molecule has 2 heterocycles. The number of rotatable bonds is 6. The molecule has 148 valence electrons. The van der Waals surface area contributed by atoms with Gasteiger partial charge in [-0.2, -0.15) is 0 Å². The topological polar surface area (TPSA) is 63.9 Å². The molecule has 0 saturated heterocycles. The summed E-state index contributed by atoms with van der Waals surface area (Å²) >= 11 is 3.08. The number of aryl methyl sites for hydroxylation is 2. The van der Waals surface area contributed by atoms with Crippen molar-refractivity contribution in [1.29, 1.82) is 0 Å². The molecule has 0 aliphatic rings. The second-order valence-electron chi connectivity index (χ2n) is 7.11. The third kappa shape index (κ3) is 4.28. The highest BCUT2D eigenvalue weighted by Crippen LogP contribution is 2.33. The Kier molecular flexibility index (Phi) is 6.20. The van der Waals surface area contributed by atoms with Gasteiger partial charge >= 0.3 is 0 Å². The molecule has 3 aromatic rings. The summed E-state index contributed by atoms with van der Waals surface area (Å²) < 4.78 is 2.03. The van der Waals surface area contributed by atoms with Gasteiger partial charge in [-0.25, -0.2) is 4.98 Å². The fourth-order valence-corrected chi connectivity index (χ4v) is 4.82. The zero-order chi connectivity index (χ0) is 20.4. The first-order chi connectivity index (χ1) is 13.3. The summed E-state index contributed by atoms with van der Waals surface area (Å²) in [5.41, 5.74) is 4.03. The predicted octanol–water partition coefficient (Wildman–Crippen LogP) is 4.99. The molecule has 0 bridgehead atoms. The fraction of sp³-hybridized carbons (Fsp3) is 0.400. The summed E-state index contributed by atoms with van der Waals surface area (Å²) in [5, 5.41) is 12.1. The molecule has 1 amide bonds. The van der Waals surface area contributed by atoms with Crippen molar-refractivity contribution in [3.8, 4) is 0 Å². The van der Waals surface area contributed by atoms with Gasteiger partial charge in [-0.05, 0) is 25.5 Å². The van der Waals surface area contributed by atoms with Crippen molar-refractivity contribution < 1.29 is 4.79 Å². The van der Waals surface area contributed by atoms with Crippen LogP contribution in [0.4, 0.5) is 10.8 Å². The summed E-state index contributed by atoms with van der Waals surface area (Å²) in [6.45, 7) is 9.85. The van der Waals surface area contributed by atoms with Crippen molar-refractivity contribution in [1.82, 2.24) is 19.7 Å². The average Bonchev–Trinajstić information content (AvgIpc) is 3.22. The van der Waals surface area contributed by atoms with Crippen molar-refractivity contribution in [2.75, 3.05) is 4.90 Å². The van der Waals surface area contributed by atoms with Crippen LogP contribution in [0.3, 0.4) is 0 Å². The summed E-state index contributed by atoms with van der Waals surface area (Å²) in [7, 11) is 1.99. The highest BCUT2D eigenvalue weighted by atomic mass is 32.2. The number of benzene rings is 1. The minimum absolute atomic E-state index is 0.0459. The Hall–Kier alpha value is -2.19. The molecule has 8 heteroatoms. The van der Waals surface area contributed by atoms with Gasteiger partial charge in [0, 0.05) is 31.0 Å². The maximum absolute atomic E-state index is 12.3. The molecule has 3 rings (SSSR count). The van der Waals surface area contributed by atoms with Crippen LogP contribution < -0.4 is 4.90 Å². The molecule has 0 unspecified atom stereocenters. The summed E-state index contributed by atoms with van der Waals surface area (Å²) in [5.74, 6) is 1.94. The van der Waals surface area contributed by atoms with Gasteiger partial charge in [-0.3, -0.25) is 9.69 Å². The first-order valence-corrected chi connectivity index (χ1v) is 11.0. The maximum Gasteiger partial charge on any atom is 0.230 e. The summed E-state index contributed by atoms with van der Waals surface area (Å²) in [4.78, 5) is 18.7. The van der Waals surface area contributed by atoms with E-state index in [0.29, 0.717) is 16.8 Å². The number of nitrogens with zero attached hydrogens (tertiary/aromatic N) is 5. The van der Waals surface area contributed by atoms with E-state index >= 15 is 0 Å². The van der Waals surface area contributed by atoms with E-state index in [4.69, 9.17) is 4.98 Å². The molecule has 0 spiro atoms. The molecule has 6 nitrogen and oxygen atoms in total. The van der Waals surface area contributed by atoms with Gasteiger partial charge in [0.2, 0.25) is 5.91 Å². The van der Waals surface area contributed by atoms with E-state index in [2.05, 4.69) is 30.1 Å². The monoisotopic (exact) mass is 415 g/mol. The molecule has 0 aliphatic carbocycles. The SMILES string of the molecule is CC(=O)N(c1nc(CSc2nnc(C(C)C)n2C)cs1)c1ccc(C)cc1C. The second kappa shape index (κ2) is 8.45. The van der Waals surface area contributed by atoms with Gasteiger partial charge < -0.3 is 4.57 Å². The number of carbonyl (C=O) groups excluding carboxylic acids is 1. The van der Waals surface area contributed by atoms with Crippen LogP contribution in [-0.2, 0) is 17.6 Å². The number of aromatic nitrogens is 4. The highest BCUT2D eigenvalue weighted by molar-refractivity contribution is 7.98. The Morgan fingerprint density at radius 3 is 2.64 bits per heavy atom. The van der Waals surface area contributed by atoms with Crippen LogP contribution >= 0.6 is 23.1 Å². The van der Waals surface area contributed by atoms with Crippen LogP contribution in [-0.4, -0.2) is 25.7 Å². The zero-order valence-corrected chi connectivity index (χ0v) is 18.7. The lowest BCUT2D eigenvalue weighted by Gasteiger charge is -2.20. The average molecular weight is 416 g/mol. The maximum atomic E-state index is 12.3. The first kappa shape index (κ1) is 20.5. The highest BCUT2D eigenvalue weighted by Gasteiger charge is 2.20. The van der Waals surface area contributed by atoms with Crippen molar-refractivity contribution in [3.05, 3.63) is 46.2 Å².